The fourth-order valence-corrected chi connectivity index (χ4v) is 2.27. The lowest BCUT2D eigenvalue weighted by Crippen LogP contribution is -2.26. The molecule has 21 heavy (non-hydrogen) atoms. The highest BCUT2D eigenvalue weighted by Gasteiger charge is 2.16. The van der Waals surface area contributed by atoms with Crippen LogP contribution in [0.5, 0.6) is 0 Å². The van der Waals surface area contributed by atoms with Gasteiger partial charge < -0.3 is 10.6 Å². The molecule has 0 unspecified atom stereocenters. The van der Waals surface area contributed by atoms with Gasteiger partial charge in [-0.05, 0) is 30.2 Å². The molecule has 2 heterocycles. The van der Waals surface area contributed by atoms with Gasteiger partial charge in [-0.3, -0.25) is 14.7 Å². The van der Waals surface area contributed by atoms with Crippen LogP contribution in [-0.2, 0) is 17.6 Å². The Morgan fingerprint density at radius 3 is 3.05 bits per heavy atom. The number of carbonyl (C=O) groups is 2. The first-order chi connectivity index (χ1) is 10.2. The minimum Gasteiger partial charge on any atom is -0.352 e. The van der Waals surface area contributed by atoms with Crippen LogP contribution in [0.3, 0.4) is 0 Å². The van der Waals surface area contributed by atoms with Crippen LogP contribution in [0.4, 0.5) is 5.69 Å². The zero-order chi connectivity index (χ0) is 14.7. The van der Waals surface area contributed by atoms with Crippen molar-refractivity contribution in [1.82, 2.24) is 20.5 Å². The number of amides is 2. The highest BCUT2D eigenvalue weighted by molar-refractivity contribution is 5.97. The van der Waals surface area contributed by atoms with E-state index in [0.717, 1.165) is 17.1 Å². The smallest absolute Gasteiger partial charge is 0.251 e. The second-order valence-electron chi connectivity index (χ2n) is 4.86. The fourth-order valence-electron chi connectivity index (χ4n) is 2.27. The lowest BCUT2D eigenvalue weighted by Gasteiger charge is -2.17. The number of rotatable bonds is 4. The quantitative estimate of drug-likeness (QED) is 0.768. The number of hydrogen-bond donors (Lipinski definition) is 3. The number of aromatic nitrogens is 3. The molecule has 3 rings (SSSR count). The molecule has 0 spiro atoms. The number of aromatic amines is 1. The first-order valence-electron chi connectivity index (χ1n) is 6.77. The second-order valence-corrected chi connectivity index (χ2v) is 4.86. The number of carbonyl (C=O) groups excluding carboxylic acids is 2. The Balaban J connectivity index is 1.61. The van der Waals surface area contributed by atoms with Gasteiger partial charge in [0.05, 0.1) is 0 Å². The molecule has 1 aliphatic heterocycles. The summed E-state index contributed by atoms with van der Waals surface area (Å²) in [6.45, 7) is 0.488. The predicted molar refractivity (Wildman–Crippen MR) is 75.8 cm³/mol. The van der Waals surface area contributed by atoms with E-state index in [2.05, 4.69) is 25.8 Å². The molecule has 2 aromatic rings. The first kappa shape index (κ1) is 13.3. The van der Waals surface area contributed by atoms with Gasteiger partial charge in [-0.1, -0.05) is 0 Å². The van der Waals surface area contributed by atoms with E-state index in [-0.39, 0.29) is 11.8 Å². The van der Waals surface area contributed by atoms with Crippen LogP contribution >= 0.6 is 0 Å². The van der Waals surface area contributed by atoms with E-state index in [0.29, 0.717) is 31.4 Å². The van der Waals surface area contributed by atoms with Crippen molar-refractivity contribution in [2.45, 2.75) is 19.3 Å². The molecule has 0 aliphatic carbocycles. The van der Waals surface area contributed by atoms with E-state index >= 15 is 0 Å². The topological polar surface area (TPSA) is 99.8 Å². The minimum atomic E-state index is -0.130. The number of H-pyrrole nitrogens is 1. The molecule has 0 bridgehead atoms. The first-order valence-corrected chi connectivity index (χ1v) is 6.77. The number of fused-ring (bicyclic) bond motifs is 1. The van der Waals surface area contributed by atoms with Crippen molar-refractivity contribution in [3.8, 4) is 0 Å². The van der Waals surface area contributed by atoms with Crippen molar-refractivity contribution in [3.05, 3.63) is 41.5 Å². The van der Waals surface area contributed by atoms with Gasteiger partial charge in [-0.15, -0.1) is 0 Å². The molecular formula is C14H15N5O2. The molecule has 0 saturated heterocycles. The zero-order valence-electron chi connectivity index (χ0n) is 11.3. The number of aryl methyl sites for hydroxylation is 1. The van der Waals surface area contributed by atoms with E-state index in [1.807, 2.05) is 6.07 Å². The van der Waals surface area contributed by atoms with Crippen molar-refractivity contribution in [3.63, 3.8) is 0 Å². The Morgan fingerprint density at radius 2 is 2.24 bits per heavy atom. The Kier molecular flexibility index (Phi) is 3.63. The molecule has 108 valence electrons. The molecule has 0 radical (unpaired) electrons. The number of nitrogens with one attached hydrogen (secondary N) is 3. The Labute approximate surface area is 121 Å². The van der Waals surface area contributed by atoms with E-state index < -0.39 is 0 Å². The Morgan fingerprint density at radius 1 is 1.33 bits per heavy atom. The summed E-state index contributed by atoms with van der Waals surface area (Å²) in [4.78, 5) is 27.4. The van der Waals surface area contributed by atoms with E-state index in [1.54, 1.807) is 12.1 Å². The van der Waals surface area contributed by atoms with Crippen LogP contribution in [0.2, 0.25) is 0 Å². The van der Waals surface area contributed by atoms with Crippen LogP contribution in [0, 0.1) is 0 Å². The van der Waals surface area contributed by atoms with Crippen LogP contribution < -0.4 is 10.6 Å². The molecule has 3 N–H and O–H groups in total. The molecule has 0 saturated carbocycles. The molecule has 1 aromatic heterocycles. The molecular weight excluding hydrogens is 270 g/mol. The van der Waals surface area contributed by atoms with Crippen molar-refractivity contribution in [2.75, 3.05) is 11.9 Å². The molecule has 2 amide bonds. The van der Waals surface area contributed by atoms with Crippen LogP contribution in [0.25, 0.3) is 0 Å². The van der Waals surface area contributed by atoms with Gasteiger partial charge in [-0.25, -0.2) is 4.98 Å². The van der Waals surface area contributed by atoms with Crippen molar-refractivity contribution >= 4 is 17.5 Å². The third-order valence-corrected chi connectivity index (χ3v) is 3.38. The monoisotopic (exact) mass is 285 g/mol. The molecule has 1 aromatic carbocycles. The summed E-state index contributed by atoms with van der Waals surface area (Å²) in [6.07, 6.45) is 3.17. The van der Waals surface area contributed by atoms with Crippen molar-refractivity contribution in [1.29, 1.82) is 0 Å². The van der Waals surface area contributed by atoms with Gasteiger partial charge in [0.1, 0.15) is 12.2 Å². The van der Waals surface area contributed by atoms with E-state index in [1.165, 1.54) is 6.33 Å². The second kappa shape index (κ2) is 5.74. The summed E-state index contributed by atoms with van der Waals surface area (Å²) in [5, 5.41) is 12.1. The van der Waals surface area contributed by atoms with Crippen LogP contribution in [-0.4, -0.2) is 33.5 Å². The third kappa shape index (κ3) is 3.07. The summed E-state index contributed by atoms with van der Waals surface area (Å²) >= 11 is 0. The maximum absolute atomic E-state index is 12.1. The summed E-state index contributed by atoms with van der Waals surface area (Å²) in [7, 11) is 0. The Hall–Kier alpha value is -2.70. The average Bonchev–Trinajstić information content (AvgIpc) is 3.00. The predicted octanol–water partition coefficient (Wildman–Crippen LogP) is 0.662. The number of hydrogen-bond acceptors (Lipinski definition) is 4. The lowest BCUT2D eigenvalue weighted by molar-refractivity contribution is -0.116. The van der Waals surface area contributed by atoms with Gasteiger partial charge in [-0.2, -0.15) is 5.10 Å². The van der Waals surface area contributed by atoms with Gasteiger partial charge in [0.15, 0.2) is 0 Å². The van der Waals surface area contributed by atoms with Crippen LogP contribution in [0.1, 0.15) is 28.2 Å². The van der Waals surface area contributed by atoms with E-state index in [4.69, 9.17) is 0 Å². The summed E-state index contributed by atoms with van der Waals surface area (Å²) in [5.74, 6) is 0.629. The van der Waals surface area contributed by atoms with Crippen LogP contribution in [0.15, 0.2) is 24.5 Å². The number of nitrogens with zero attached hydrogens (tertiary/aromatic N) is 2. The Bertz CT molecular complexity index is 666. The fraction of sp³-hybridized carbons (Fsp3) is 0.286. The van der Waals surface area contributed by atoms with Crippen molar-refractivity contribution in [2.24, 2.45) is 0 Å². The minimum absolute atomic E-state index is 0.0201. The normalized spacial score (nSPS) is 13.4. The zero-order valence-corrected chi connectivity index (χ0v) is 11.3. The molecule has 7 nitrogen and oxygen atoms in total. The van der Waals surface area contributed by atoms with Crippen molar-refractivity contribution < 1.29 is 9.59 Å². The maximum atomic E-state index is 12.1. The highest BCUT2D eigenvalue weighted by atomic mass is 16.2. The highest BCUT2D eigenvalue weighted by Crippen LogP contribution is 2.23. The summed E-state index contributed by atoms with van der Waals surface area (Å²) < 4.78 is 0. The lowest BCUT2D eigenvalue weighted by atomic mass is 10.00. The van der Waals surface area contributed by atoms with Gasteiger partial charge in [0.2, 0.25) is 5.91 Å². The molecule has 0 atom stereocenters. The maximum Gasteiger partial charge on any atom is 0.251 e. The molecule has 7 heteroatoms. The molecule has 1 aliphatic rings. The summed E-state index contributed by atoms with van der Waals surface area (Å²) in [6, 6.07) is 5.32. The standard InChI is InChI=1S/C14H15N5O2/c20-13-4-2-9-7-10(1-3-11(9)18-13)14(21)15-6-5-12-16-8-17-19-12/h1,3,7-8H,2,4-6H2,(H,15,21)(H,18,20)(H,16,17,19). The van der Waals surface area contributed by atoms with E-state index in [9.17, 15) is 9.59 Å². The number of anilines is 1. The molecule has 0 fully saturated rings. The van der Waals surface area contributed by atoms with Gasteiger partial charge in [0, 0.05) is 30.6 Å². The third-order valence-electron chi connectivity index (χ3n) is 3.38. The largest absolute Gasteiger partial charge is 0.352 e. The average molecular weight is 285 g/mol. The number of benzene rings is 1. The SMILES string of the molecule is O=C1CCc2cc(C(=O)NCCc3ncn[nH]3)ccc2N1. The van der Waals surface area contributed by atoms with Gasteiger partial charge in [0.25, 0.3) is 5.91 Å². The van der Waals surface area contributed by atoms with Gasteiger partial charge >= 0.3 is 0 Å². The summed E-state index contributed by atoms with van der Waals surface area (Å²) in [5.41, 5.74) is 2.39.